The summed E-state index contributed by atoms with van der Waals surface area (Å²) >= 11 is 0. The Morgan fingerprint density at radius 1 is 1.32 bits per heavy atom. The van der Waals surface area contributed by atoms with Gasteiger partial charge >= 0.3 is 6.09 Å². The first-order valence-electron chi connectivity index (χ1n) is 8.24. The minimum absolute atomic E-state index is 0.163. The van der Waals surface area contributed by atoms with Crippen LogP contribution in [0.15, 0.2) is 29.1 Å². The third-order valence-corrected chi connectivity index (χ3v) is 3.39. The number of benzene rings is 1. The summed E-state index contributed by atoms with van der Waals surface area (Å²) in [6.07, 6.45) is 0.303. The zero-order valence-corrected chi connectivity index (χ0v) is 15.2. The highest BCUT2D eigenvalue weighted by atomic mass is 16.6. The van der Waals surface area contributed by atoms with E-state index in [0.717, 1.165) is 6.42 Å². The van der Waals surface area contributed by atoms with E-state index in [0.29, 0.717) is 30.7 Å². The van der Waals surface area contributed by atoms with E-state index < -0.39 is 11.7 Å². The van der Waals surface area contributed by atoms with Crippen molar-refractivity contribution in [2.45, 2.75) is 39.5 Å². The van der Waals surface area contributed by atoms with Crippen LogP contribution >= 0.6 is 0 Å². The normalized spacial score (nSPS) is 11.7. The van der Waals surface area contributed by atoms with E-state index in [2.05, 4.69) is 15.6 Å². The summed E-state index contributed by atoms with van der Waals surface area (Å²) in [4.78, 5) is 25.9. The Bertz CT molecular complexity index is 782. The number of ether oxygens (including phenoxy) is 1. The van der Waals surface area contributed by atoms with E-state index in [1.54, 1.807) is 12.1 Å². The van der Waals surface area contributed by atoms with Gasteiger partial charge in [-0.2, -0.15) is 4.68 Å². The number of amides is 1. The van der Waals surface area contributed by atoms with Gasteiger partial charge < -0.3 is 10.1 Å². The fraction of sp³-hybridized carbons (Fsp3) is 0.529. The topological polar surface area (TPSA) is 89.3 Å². The lowest BCUT2D eigenvalue weighted by molar-refractivity contribution is 0.0525. The number of aromatic nitrogens is 3. The molecule has 0 bridgehead atoms. The van der Waals surface area contributed by atoms with Crippen LogP contribution in [0.3, 0.4) is 0 Å². The predicted molar refractivity (Wildman–Crippen MR) is 95.3 cm³/mol. The molecule has 0 unspecified atom stereocenters. The second-order valence-corrected chi connectivity index (χ2v) is 6.91. The van der Waals surface area contributed by atoms with E-state index in [1.165, 1.54) is 4.68 Å². The lowest BCUT2D eigenvalue weighted by Gasteiger charge is -2.20. The third-order valence-electron chi connectivity index (χ3n) is 3.39. The summed E-state index contributed by atoms with van der Waals surface area (Å²) in [7, 11) is 1.89. The highest BCUT2D eigenvalue weighted by molar-refractivity contribution is 5.76. The number of hydrogen-bond donors (Lipinski definition) is 1. The van der Waals surface area contributed by atoms with Gasteiger partial charge in [0.15, 0.2) is 0 Å². The van der Waals surface area contributed by atoms with Crippen molar-refractivity contribution < 1.29 is 9.53 Å². The van der Waals surface area contributed by atoms with Gasteiger partial charge in [0.25, 0.3) is 5.56 Å². The highest BCUT2D eigenvalue weighted by Gasteiger charge is 2.15. The molecule has 0 aliphatic carbocycles. The summed E-state index contributed by atoms with van der Waals surface area (Å²) in [6.45, 7) is 6.99. The summed E-state index contributed by atoms with van der Waals surface area (Å²) in [6, 6.07) is 7.14. The molecular formula is C17H25N5O3. The molecule has 0 saturated heterocycles. The molecule has 1 amide bonds. The standard InChI is InChI=1S/C17H25N5O3/c1-17(2,3)25-16(24)18-10-7-11-21(4)12-22-15(23)13-8-5-6-9-14(13)19-20-22/h5-6,8-9H,7,10-12H2,1-4H3,(H,18,24). The average Bonchev–Trinajstić information content (AvgIpc) is 2.53. The lowest BCUT2D eigenvalue weighted by Crippen LogP contribution is -2.35. The van der Waals surface area contributed by atoms with Crippen molar-refractivity contribution in [1.29, 1.82) is 0 Å². The van der Waals surface area contributed by atoms with Crippen LogP contribution in [-0.2, 0) is 11.4 Å². The van der Waals surface area contributed by atoms with Crippen LogP contribution in [0, 0.1) is 0 Å². The number of alkyl carbamates (subject to hydrolysis) is 1. The smallest absolute Gasteiger partial charge is 0.407 e. The largest absolute Gasteiger partial charge is 0.444 e. The van der Waals surface area contributed by atoms with E-state index in [1.807, 2.05) is 44.9 Å². The maximum Gasteiger partial charge on any atom is 0.407 e. The zero-order valence-electron chi connectivity index (χ0n) is 15.2. The van der Waals surface area contributed by atoms with Gasteiger partial charge in [-0.05, 0) is 46.4 Å². The van der Waals surface area contributed by atoms with Crippen molar-refractivity contribution in [2.24, 2.45) is 0 Å². The van der Waals surface area contributed by atoms with Crippen LogP contribution in [0.1, 0.15) is 27.2 Å². The van der Waals surface area contributed by atoms with Crippen LogP contribution in [0.2, 0.25) is 0 Å². The highest BCUT2D eigenvalue weighted by Crippen LogP contribution is 2.06. The monoisotopic (exact) mass is 347 g/mol. The minimum atomic E-state index is -0.503. The van der Waals surface area contributed by atoms with Crippen LogP contribution in [-0.4, -0.2) is 51.7 Å². The van der Waals surface area contributed by atoms with Gasteiger partial charge in [-0.15, -0.1) is 5.10 Å². The molecule has 0 radical (unpaired) electrons. The molecule has 0 saturated carbocycles. The van der Waals surface area contributed by atoms with Crippen LogP contribution in [0.4, 0.5) is 4.79 Å². The minimum Gasteiger partial charge on any atom is -0.444 e. The Morgan fingerprint density at radius 2 is 2.04 bits per heavy atom. The second-order valence-electron chi connectivity index (χ2n) is 6.91. The molecule has 8 heteroatoms. The quantitative estimate of drug-likeness (QED) is 0.798. The van der Waals surface area contributed by atoms with Crippen molar-refractivity contribution in [1.82, 2.24) is 25.2 Å². The number of hydrogen-bond acceptors (Lipinski definition) is 6. The van der Waals surface area contributed by atoms with Gasteiger partial charge in [-0.25, -0.2) is 4.79 Å². The third kappa shape index (κ3) is 5.82. The van der Waals surface area contributed by atoms with Gasteiger partial charge in [-0.1, -0.05) is 17.3 Å². The molecule has 0 aliphatic rings. The van der Waals surface area contributed by atoms with E-state index >= 15 is 0 Å². The van der Waals surface area contributed by atoms with Gasteiger partial charge in [0.2, 0.25) is 0 Å². The molecular weight excluding hydrogens is 322 g/mol. The van der Waals surface area contributed by atoms with Gasteiger partial charge in [0.05, 0.1) is 12.1 Å². The number of nitrogens with zero attached hydrogens (tertiary/aromatic N) is 4. The number of nitrogens with one attached hydrogen (secondary N) is 1. The van der Waals surface area contributed by atoms with Crippen LogP contribution in [0.5, 0.6) is 0 Å². The molecule has 2 rings (SSSR count). The van der Waals surface area contributed by atoms with Crippen LogP contribution in [0.25, 0.3) is 10.9 Å². The van der Waals surface area contributed by atoms with Crippen molar-refractivity contribution >= 4 is 17.0 Å². The summed E-state index contributed by atoms with van der Waals surface area (Å²) in [5.41, 5.74) is -0.0751. The number of carbonyl (C=O) groups excluding carboxylic acids is 1. The van der Waals surface area contributed by atoms with Gasteiger partial charge in [-0.3, -0.25) is 9.69 Å². The summed E-state index contributed by atoms with van der Waals surface area (Å²) in [5.74, 6) is 0. The number of rotatable bonds is 6. The van der Waals surface area contributed by atoms with Crippen molar-refractivity contribution in [3.63, 3.8) is 0 Å². The first-order valence-corrected chi connectivity index (χ1v) is 8.24. The van der Waals surface area contributed by atoms with Crippen molar-refractivity contribution in [3.8, 4) is 0 Å². The molecule has 8 nitrogen and oxygen atoms in total. The van der Waals surface area contributed by atoms with Crippen molar-refractivity contribution in [3.05, 3.63) is 34.6 Å². The maximum absolute atomic E-state index is 12.4. The molecule has 136 valence electrons. The van der Waals surface area contributed by atoms with E-state index in [-0.39, 0.29) is 5.56 Å². The Labute approximate surface area is 146 Å². The molecule has 1 aromatic heterocycles. The van der Waals surface area contributed by atoms with Gasteiger partial charge in [0, 0.05) is 13.1 Å². The predicted octanol–water partition coefficient (Wildman–Crippen LogP) is 1.60. The fourth-order valence-electron chi connectivity index (χ4n) is 2.27. The van der Waals surface area contributed by atoms with Crippen LogP contribution < -0.4 is 10.9 Å². The molecule has 1 N–H and O–H groups in total. The second kappa shape index (κ2) is 8.06. The molecule has 0 spiro atoms. The Morgan fingerprint density at radius 3 is 2.76 bits per heavy atom. The lowest BCUT2D eigenvalue weighted by atomic mass is 10.2. The SMILES string of the molecule is CN(CCCNC(=O)OC(C)(C)C)Cn1nnc2ccccc2c1=O. The first kappa shape index (κ1) is 18.9. The average molecular weight is 347 g/mol. The molecule has 1 heterocycles. The maximum atomic E-state index is 12.4. The zero-order chi connectivity index (χ0) is 18.4. The summed E-state index contributed by atoms with van der Waals surface area (Å²) in [5, 5.41) is 11.3. The number of fused-ring (bicyclic) bond motifs is 1. The molecule has 25 heavy (non-hydrogen) atoms. The molecule has 0 atom stereocenters. The van der Waals surface area contributed by atoms with Gasteiger partial charge in [0.1, 0.15) is 11.1 Å². The molecule has 0 fully saturated rings. The molecule has 1 aromatic carbocycles. The number of carbonyl (C=O) groups is 1. The summed E-state index contributed by atoms with van der Waals surface area (Å²) < 4.78 is 6.51. The Hall–Kier alpha value is -2.48. The van der Waals surface area contributed by atoms with E-state index in [9.17, 15) is 9.59 Å². The van der Waals surface area contributed by atoms with Crippen molar-refractivity contribution in [2.75, 3.05) is 20.1 Å². The first-order chi connectivity index (χ1) is 11.8. The Balaban J connectivity index is 1.81. The fourth-order valence-corrected chi connectivity index (χ4v) is 2.27. The Kier molecular flexibility index (Phi) is 6.08. The molecule has 0 aliphatic heterocycles. The molecule has 2 aromatic rings. The van der Waals surface area contributed by atoms with E-state index in [4.69, 9.17) is 4.74 Å².